The molecule has 5 rings (SSSR count). The van der Waals surface area contributed by atoms with Crippen molar-refractivity contribution >= 4 is 12.0 Å². The molecule has 3 fully saturated rings. The van der Waals surface area contributed by atoms with Crippen LogP contribution < -0.4 is 10.1 Å². The molecular formula is C32H42N2O6. The number of benzene rings is 2. The number of hydrogen-bond acceptors (Lipinski definition) is 6. The van der Waals surface area contributed by atoms with Crippen molar-refractivity contribution in [2.75, 3.05) is 26.4 Å². The molecule has 2 aliphatic heterocycles. The zero-order valence-corrected chi connectivity index (χ0v) is 23.9. The van der Waals surface area contributed by atoms with Gasteiger partial charge in [-0.3, -0.25) is 4.79 Å². The van der Waals surface area contributed by atoms with Gasteiger partial charge in [0.25, 0.3) is 0 Å². The molecule has 2 aromatic rings. The van der Waals surface area contributed by atoms with E-state index in [1.165, 1.54) is 5.56 Å². The number of carbonyl (C=O) groups excluding carboxylic acids is 2. The molecule has 40 heavy (non-hydrogen) atoms. The summed E-state index contributed by atoms with van der Waals surface area (Å²) in [6.45, 7) is 7.34. The van der Waals surface area contributed by atoms with Gasteiger partial charge in [0.2, 0.25) is 5.91 Å². The highest BCUT2D eigenvalue weighted by atomic mass is 16.6. The van der Waals surface area contributed by atoms with E-state index in [1.807, 2.05) is 45.0 Å². The summed E-state index contributed by atoms with van der Waals surface area (Å²) in [6, 6.07) is 18.2. The van der Waals surface area contributed by atoms with E-state index < -0.39 is 11.1 Å². The van der Waals surface area contributed by atoms with Crippen molar-refractivity contribution < 1.29 is 28.5 Å². The van der Waals surface area contributed by atoms with Gasteiger partial charge in [-0.15, -0.1) is 0 Å². The van der Waals surface area contributed by atoms with Gasteiger partial charge in [0.1, 0.15) is 24.6 Å². The molecule has 2 heterocycles. The zero-order chi connectivity index (χ0) is 28.2. The van der Waals surface area contributed by atoms with Gasteiger partial charge in [0.15, 0.2) is 0 Å². The summed E-state index contributed by atoms with van der Waals surface area (Å²) in [4.78, 5) is 27.1. The van der Waals surface area contributed by atoms with Crippen LogP contribution in [0.15, 0.2) is 54.6 Å². The summed E-state index contributed by atoms with van der Waals surface area (Å²) in [5.41, 5.74) is 1.14. The largest absolute Gasteiger partial charge is 0.489 e. The fourth-order valence-electron chi connectivity index (χ4n) is 6.17. The number of rotatable bonds is 7. The van der Waals surface area contributed by atoms with Crippen molar-refractivity contribution in [1.29, 1.82) is 0 Å². The van der Waals surface area contributed by atoms with Gasteiger partial charge in [0.05, 0.1) is 30.9 Å². The summed E-state index contributed by atoms with van der Waals surface area (Å²) < 4.78 is 24.0. The number of hydrogen-bond donors (Lipinski definition) is 1. The van der Waals surface area contributed by atoms with E-state index >= 15 is 0 Å². The topological polar surface area (TPSA) is 86.3 Å². The van der Waals surface area contributed by atoms with Crippen molar-refractivity contribution in [3.63, 3.8) is 0 Å². The van der Waals surface area contributed by atoms with Gasteiger partial charge in [-0.05, 0) is 76.0 Å². The summed E-state index contributed by atoms with van der Waals surface area (Å²) in [5, 5.41) is 3.13. The smallest absolute Gasteiger partial charge is 0.410 e. The number of nitrogens with zero attached hydrogens (tertiary/aromatic N) is 1. The Balaban J connectivity index is 1.20. The molecule has 1 spiro atoms. The molecule has 8 heteroatoms. The maximum Gasteiger partial charge on any atom is 0.410 e. The van der Waals surface area contributed by atoms with Crippen LogP contribution in [0, 0.1) is 0 Å². The van der Waals surface area contributed by atoms with Crippen molar-refractivity contribution in [3.05, 3.63) is 65.7 Å². The summed E-state index contributed by atoms with van der Waals surface area (Å²) in [6.07, 6.45) is 4.17. The second-order valence-electron chi connectivity index (χ2n) is 12.3. The van der Waals surface area contributed by atoms with Crippen molar-refractivity contribution in [2.45, 2.75) is 88.7 Å². The van der Waals surface area contributed by atoms with Crippen LogP contribution in [0.25, 0.3) is 0 Å². The minimum atomic E-state index is -0.654. The van der Waals surface area contributed by atoms with Crippen LogP contribution in [0.3, 0.4) is 0 Å². The Bertz CT molecular complexity index is 1160. The summed E-state index contributed by atoms with van der Waals surface area (Å²) >= 11 is 0. The third kappa shape index (κ3) is 6.78. The van der Waals surface area contributed by atoms with E-state index in [9.17, 15) is 9.59 Å². The molecular weight excluding hydrogens is 508 g/mol. The zero-order valence-electron chi connectivity index (χ0n) is 23.9. The average molecular weight is 551 g/mol. The third-order valence-corrected chi connectivity index (χ3v) is 8.18. The molecule has 8 nitrogen and oxygen atoms in total. The number of amides is 2. The summed E-state index contributed by atoms with van der Waals surface area (Å²) in [7, 11) is 0. The van der Waals surface area contributed by atoms with Crippen molar-refractivity contribution in [1.82, 2.24) is 10.2 Å². The molecule has 2 unspecified atom stereocenters. The van der Waals surface area contributed by atoms with Crippen molar-refractivity contribution in [3.8, 4) is 5.75 Å². The van der Waals surface area contributed by atoms with Crippen LogP contribution in [-0.2, 0) is 25.6 Å². The van der Waals surface area contributed by atoms with Gasteiger partial charge in [-0.1, -0.05) is 48.5 Å². The van der Waals surface area contributed by atoms with Crippen LogP contribution in [-0.4, -0.2) is 66.6 Å². The van der Waals surface area contributed by atoms with Gasteiger partial charge in [-0.2, -0.15) is 0 Å². The second kappa shape index (κ2) is 12.2. The Kier molecular flexibility index (Phi) is 8.66. The van der Waals surface area contributed by atoms with Crippen LogP contribution in [0.5, 0.6) is 5.75 Å². The molecule has 2 amide bonds. The predicted octanol–water partition coefficient (Wildman–Crippen LogP) is 5.20. The highest BCUT2D eigenvalue weighted by molar-refractivity contribution is 5.79. The third-order valence-electron chi connectivity index (χ3n) is 8.18. The van der Waals surface area contributed by atoms with Gasteiger partial charge >= 0.3 is 6.09 Å². The van der Waals surface area contributed by atoms with Crippen LogP contribution in [0.4, 0.5) is 4.79 Å². The molecule has 2 aromatic carbocycles. The van der Waals surface area contributed by atoms with Gasteiger partial charge in [-0.25, -0.2) is 4.79 Å². The lowest BCUT2D eigenvalue weighted by Crippen LogP contribution is -2.65. The highest BCUT2D eigenvalue weighted by Crippen LogP contribution is 2.39. The lowest BCUT2D eigenvalue weighted by atomic mass is 9.82. The minimum absolute atomic E-state index is 0.0440. The molecule has 0 radical (unpaired) electrons. The standard InChI is InChI=1S/C32H42N2O6/c1-31(2,3)40-30(36)34-18-17-32(22-37-21-29(35)33-32)28(34)20-38-25-15-13-24(14-16-25)26-11-7-8-12-27(26)39-19-23-9-5-4-6-10-23/h4-12,24-25,28H,13-22H2,1-3H3,(H,33,35). The first-order valence-electron chi connectivity index (χ1n) is 14.5. The second-order valence-corrected chi connectivity index (χ2v) is 12.3. The Morgan fingerprint density at radius 1 is 1.05 bits per heavy atom. The fourth-order valence-corrected chi connectivity index (χ4v) is 6.17. The SMILES string of the molecule is CC(C)(C)OC(=O)N1CCC2(COCC(=O)N2)C1COC1CCC(c2ccccc2OCc2ccccc2)CC1. The number of carbonyl (C=O) groups is 2. The molecule has 0 aromatic heterocycles. The van der Waals surface area contributed by atoms with Gasteiger partial charge < -0.3 is 29.2 Å². The van der Waals surface area contributed by atoms with Crippen molar-refractivity contribution in [2.24, 2.45) is 0 Å². The Labute approximate surface area is 237 Å². The monoisotopic (exact) mass is 550 g/mol. The van der Waals surface area contributed by atoms with E-state index in [1.54, 1.807) is 4.90 Å². The Morgan fingerprint density at radius 2 is 1.77 bits per heavy atom. The molecule has 2 saturated heterocycles. The van der Waals surface area contributed by atoms with Crippen LogP contribution in [0.2, 0.25) is 0 Å². The average Bonchev–Trinajstić information content (AvgIpc) is 3.27. The lowest BCUT2D eigenvalue weighted by molar-refractivity contribution is -0.137. The molecule has 3 aliphatic rings. The summed E-state index contributed by atoms with van der Waals surface area (Å²) in [5.74, 6) is 1.20. The lowest BCUT2D eigenvalue weighted by Gasteiger charge is -2.41. The Morgan fingerprint density at radius 3 is 2.50 bits per heavy atom. The molecule has 1 N–H and O–H groups in total. The van der Waals surface area contributed by atoms with E-state index in [2.05, 4.69) is 35.6 Å². The minimum Gasteiger partial charge on any atom is -0.489 e. The number of para-hydroxylation sites is 1. The fraction of sp³-hybridized carbons (Fsp3) is 0.562. The molecule has 2 atom stereocenters. The molecule has 0 bridgehead atoms. The normalized spacial score (nSPS) is 26.9. The van der Waals surface area contributed by atoms with E-state index in [-0.39, 0.29) is 30.8 Å². The van der Waals surface area contributed by atoms with E-state index in [0.29, 0.717) is 38.7 Å². The predicted molar refractivity (Wildman–Crippen MR) is 151 cm³/mol. The molecule has 1 aliphatic carbocycles. The van der Waals surface area contributed by atoms with E-state index in [0.717, 1.165) is 37.0 Å². The van der Waals surface area contributed by atoms with Crippen LogP contribution >= 0.6 is 0 Å². The Hall–Kier alpha value is -3.10. The van der Waals surface area contributed by atoms with Gasteiger partial charge in [0, 0.05) is 6.54 Å². The number of ether oxygens (including phenoxy) is 4. The maximum absolute atomic E-state index is 13.1. The molecule has 1 saturated carbocycles. The number of likely N-dealkylation sites (tertiary alicyclic amines) is 1. The first-order chi connectivity index (χ1) is 19.2. The first kappa shape index (κ1) is 28.4. The van der Waals surface area contributed by atoms with Crippen LogP contribution in [0.1, 0.15) is 69.9 Å². The maximum atomic E-state index is 13.1. The number of morpholine rings is 1. The molecule has 216 valence electrons. The van der Waals surface area contributed by atoms with E-state index in [4.69, 9.17) is 18.9 Å². The highest BCUT2D eigenvalue weighted by Gasteiger charge is 2.53. The first-order valence-corrected chi connectivity index (χ1v) is 14.5. The quantitative estimate of drug-likeness (QED) is 0.510. The number of nitrogens with one attached hydrogen (secondary N) is 1.